The van der Waals surface area contributed by atoms with Crippen LogP contribution in [0.4, 0.5) is 30.2 Å². The fourth-order valence-electron chi connectivity index (χ4n) is 2.95. The molecule has 0 aliphatic heterocycles. The van der Waals surface area contributed by atoms with Crippen LogP contribution in [0.15, 0.2) is 36.9 Å². The molecule has 0 heterocycles. The number of hydrogen-bond acceptors (Lipinski definition) is 3. The van der Waals surface area contributed by atoms with E-state index in [0.717, 1.165) is 6.07 Å². The molecule has 2 N–H and O–H groups in total. The van der Waals surface area contributed by atoms with Crippen molar-refractivity contribution in [3.8, 4) is 0 Å². The third-order valence-corrected chi connectivity index (χ3v) is 7.60. The molecule has 1 saturated carbocycles. The van der Waals surface area contributed by atoms with Gasteiger partial charge >= 0.3 is 0 Å². The average Bonchev–Trinajstić information content (AvgIpc) is 3.39. The highest BCUT2D eigenvalue weighted by Crippen LogP contribution is 2.48. The minimum atomic E-state index is -3.89. The molecule has 2 aromatic rings. The van der Waals surface area contributed by atoms with Crippen LogP contribution < -0.4 is 10.0 Å². The van der Waals surface area contributed by atoms with Crippen LogP contribution in [-0.2, 0) is 10.0 Å². The second kappa shape index (κ2) is 7.58. The highest BCUT2D eigenvalue weighted by molar-refractivity contribution is 14.1. The Balaban J connectivity index is 2.06. The van der Waals surface area contributed by atoms with Crippen molar-refractivity contribution in [1.82, 2.24) is 0 Å². The van der Waals surface area contributed by atoms with Crippen LogP contribution in [0.2, 0.25) is 0 Å². The standard InChI is InChI=1S/C19H18F3IN2O2S/c1-3-6-19(7-8-19)28(26,27)25-17-11(2)9-14(21)16(22)18(17)24-15-5-4-12(23)10-13(15)20/h3-5,9-10,24-25H,1,6-8H2,2H3. The molecule has 0 saturated heterocycles. The first kappa shape index (κ1) is 21.0. The highest BCUT2D eigenvalue weighted by Gasteiger charge is 2.53. The molecule has 3 rings (SSSR count). The zero-order chi connectivity index (χ0) is 20.7. The lowest BCUT2D eigenvalue weighted by molar-refractivity contribution is 0.511. The van der Waals surface area contributed by atoms with Crippen LogP contribution in [0.25, 0.3) is 0 Å². The molecule has 28 heavy (non-hydrogen) atoms. The fourth-order valence-corrected chi connectivity index (χ4v) is 5.13. The van der Waals surface area contributed by atoms with Crippen molar-refractivity contribution in [2.75, 3.05) is 10.0 Å². The molecule has 4 nitrogen and oxygen atoms in total. The molecule has 2 aromatic carbocycles. The number of aryl methyl sites for hydroxylation is 1. The minimum Gasteiger partial charge on any atom is -0.349 e. The topological polar surface area (TPSA) is 58.2 Å². The van der Waals surface area contributed by atoms with Gasteiger partial charge in [-0.05, 0) is 78.6 Å². The van der Waals surface area contributed by atoms with Gasteiger partial charge in [0.05, 0.1) is 16.1 Å². The van der Waals surface area contributed by atoms with E-state index in [0.29, 0.717) is 16.4 Å². The number of rotatable bonds is 7. The van der Waals surface area contributed by atoms with Crippen molar-refractivity contribution in [1.29, 1.82) is 0 Å². The second-order valence-electron chi connectivity index (χ2n) is 6.77. The van der Waals surface area contributed by atoms with Gasteiger partial charge in [0.2, 0.25) is 10.0 Å². The van der Waals surface area contributed by atoms with E-state index in [1.54, 1.807) is 6.07 Å². The van der Waals surface area contributed by atoms with Gasteiger partial charge in [0, 0.05) is 3.57 Å². The zero-order valence-electron chi connectivity index (χ0n) is 15.0. The first-order valence-corrected chi connectivity index (χ1v) is 11.0. The predicted octanol–water partition coefficient (Wildman–Crippen LogP) is 5.61. The lowest BCUT2D eigenvalue weighted by Gasteiger charge is -2.21. The molecular weight excluding hydrogens is 504 g/mol. The van der Waals surface area contributed by atoms with Crippen molar-refractivity contribution in [3.05, 3.63) is 63.5 Å². The molecule has 0 radical (unpaired) electrons. The minimum absolute atomic E-state index is 0.100. The number of benzene rings is 2. The van der Waals surface area contributed by atoms with Crippen molar-refractivity contribution < 1.29 is 21.6 Å². The zero-order valence-corrected chi connectivity index (χ0v) is 17.9. The first-order chi connectivity index (χ1) is 13.1. The Morgan fingerprint density at radius 2 is 1.86 bits per heavy atom. The molecule has 150 valence electrons. The van der Waals surface area contributed by atoms with Crippen LogP contribution >= 0.6 is 22.6 Å². The van der Waals surface area contributed by atoms with Gasteiger partial charge in [0.25, 0.3) is 0 Å². The van der Waals surface area contributed by atoms with E-state index in [9.17, 15) is 21.6 Å². The van der Waals surface area contributed by atoms with E-state index in [1.165, 1.54) is 25.1 Å². The summed E-state index contributed by atoms with van der Waals surface area (Å²) in [5, 5.41) is 2.50. The quantitative estimate of drug-likeness (QED) is 0.367. The van der Waals surface area contributed by atoms with E-state index in [1.807, 2.05) is 22.6 Å². The van der Waals surface area contributed by atoms with E-state index >= 15 is 0 Å². The number of sulfonamides is 1. The molecule has 0 atom stereocenters. The third kappa shape index (κ3) is 3.86. The van der Waals surface area contributed by atoms with Gasteiger partial charge in [-0.2, -0.15) is 0 Å². The van der Waals surface area contributed by atoms with Crippen LogP contribution in [0.3, 0.4) is 0 Å². The Morgan fingerprint density at radius 3 is 2.43 bits per heavy atom. The molecule has 0 bridgehead atoms. The molecule has 1 aliphatic rings. The summed E-state index contributed by atoms with van der Waals surface area (Å²) < 4.78 is 70.5. The summed E-state index contributed by atoms with van der Waals surface area (Å²) in [7, 11) is -3.89. The fraction of sp³-hybridized carbons (Fsp3) is 0.263. The van der Waals surface area contributed by atoms with Gasteiger partial charge in [-0.3, -0.25) is 4.72 Å². The Kier molecular flexibility index (Phi) is 5.68. The van der Waals surface area contributed by atoms with Gasteiger partial charge in [-0.25, -0.2) is 21.6 Å². The Bertz CT molecular complexity index is 1050. The summed E-state index contributed by atoms with van der Waals surface area (Å²) >= 11 is 1.92. The monoisotopic (exact) mass is 522 g/mol. The summed E-state index contributed by atoms with van der Waals surface area (Å²) in [4.78, 5) is 0. The third-order valence-electron chi connectivity index (χ3n) is 4.74. The van der Waals surface area contributed by atoms with Crippen LogP contribution in [0.5, 0.6) is 0 Å². The molecule has 1 fully saturated rings. The average molecular weight is 522 g/mol. The summed E-state index contributed by atoms with van der Waals surface area (Å²) in [5.74, 6) is -3.14. The molecule has 0 unspecified atom stereocenters. The van der Waals surface area contributed by atoms with Gasteiger partial charge in [-0.15, -0.1) is 6.58 Å². The summed E-state index contributed by atoms with van der Waals surface area (Å²) in [6.07, 6.45) is 2.67. The Hall–Kier alpha value is -1.75. The Morgan fingerprint density at radius 1 is 1.18 bits per heavy atom. The summed E-state index contributed by atoms with van der Waals surface area (Å²) in [6.45, 7) is 5.03. The number of anilines is 3. The highest BCUT2D eigenvalue weighted by atomic mass is 127. The number of halogens is 4. The first-order valence-electron chi connectivity index (χ1n) is 8.44. The van der Waals surface area contributed by atoms with Gasteiger partial charge in [0.15, 0.2) is 11.6 Å². The van der Waals surface area contributed by atoms with Crippen molar-refractivity contribution in [2.45, 2.75) is 30.9 Å². The van der Waals surface area contributed by atoms with E-state index in [-0.39, 0.29) is 23.4 Å². The van der Waals surface area contributed by atoms with Gasteiger partial charge in [0.1, 0.15) is 11.5 Å². The van der Waals surface area contributed by atoms with Gasteiger partial charge < -0.3 is 5.32 Å². The number of allylic oxidation sites excluding steroid dienone is 1. The number of nitrogens with one attached hydrogen (secondary N) is 2. The lowest BCUT2D eigenvalue weighted by atomic mass is 10.1. The van der Waals surface area contributed by atoms with Crippen LogP contribution in [0.1, 0.15) is 24.8 Å². The predicted molar refractivity (Wildman–Crippen MR) is 113 cm³/mol. The normalized spacial score (nSPS) is 15.2. The molecule has 0 amide bonds. The Labute approximate surface area is 175 Å². The van der Waals surface area contributed by atoms with Crippen molar-refractivity contribution >= 4 is 49.7 Å². The second-order valence-corrected chi connectivity index (χ2v) is 10.1. The van der Waals surface area contributed by atoms with Crippen LogP contribution in [0, 0.1) is 27.9 Å². The maximum absolute atomic E-state index is 14.6. The molecule has 1 aliphatic carbocycles. The maximum Gasteiger partial charge on any atom is 0.238 e. The van der Waals surface area contributed by atoms with Crippen molar-refractivity contribution in [2.24, 2.45) is 0 Å². The molecular formula is C19H18F3IN2O2S. The molecule has 0 aromatic heterocycles. The van der Waals surface area contributed by atoms with Crippen LogP contribution in [-0.4, -0.2) is 13.2 Å². The maximum atomic E-state index is 14.6. The van der Waals surface area contributed by atoms with E-state index < -0.39 is 37.9 Å². The van der Waals surface area contributed by atoms with Gasteiger partial charge in [-0.1, -0.05) is 6.08 Å². The molecule has 0 spiro atoms. The lowest BCUT2D eigenvalue weighted by Crippen LogP contribution is -2.30. The SMILES string of the molecule is C=CCC1(S(=O)(=O)Nc2c(C)cc(F)c(F)c2Nc2ccc(I)cc2F)CC1. The summed E-state index contributed by atoms with van der Waals surface area (Å²) in [6, 6.07) is 5.08. The number of hydrogen-bond donors (Lipinski definition) is 2. The van der Waals surface area contributed by atoms with Crippen molar-refractivity contribution in [3.63, 3.8) is 0 Å². The smallest absolute Gasteiger partial charge is 0.238 e. The largest absolute Gasteiger partial charge is 0.349 e. The molecule has 9 heteroatoms. The summed E-state index contributed by atoms with van der Waals surface area (Å²) in [5.41, 5.74) is -0.537. The van der Waals surface area contributed by atoms with E-state index in [4.69, 9.17) is 0 Å². The van der Waals surface area contributed by atoms with E-state index in [2.05, 4.69) is 16.6 Å².